The van der Waals surface area contributed by atoms with Gasteiger partial charge in [0.25, 0.3) is 5.89 Å². The van der Waals surface area contributed by atoms with Crippen molar-refractivity contribution in [2.45, 2.75) is 45.6 Å². The number of carbonyl (C=O) groups is 1. The molecular weight excluding hydrogens is 430 g/mol. The minimum atomic E-state index is -0.762. The maximum atomic E-state index is 10.7. The van der Waals surface area contributed by atoms with E-state index >= 15 is 0 Å². The largest absolute Gasteiger partial charge is 0.489 e. The molecule has 2 aromatic heterocycles. The summed E-state index contributed by atoms with van der Waals surface area (Å²) in [4.78, 5) is 18.6. The average Bonchev–Trinajstić information content (AvgIpc) is 3.40. The smallest absolute Gasteiger partial charge is 0.303 e. The van der Waals surface area contributed by atoms with Crippen molar-refractivity contribution >= 4 is 28.5 Å². The molecule has 2 aromatic carbocycles. The molecule has 0 aliphatic carbocycles. The molecule has 2 heterocycles. The molecule has 4 aromatic rings. The molecule has 0 aliphatic heterocycles. The number of carboxylic acid groups (broad SMARTS) is 1. The summed E-state index contributed by atoms with van der Waals surface area (Å²) < 4.78 is 11.2. The summed E-state index contributed by atoms with van der Waals surface area (Å²) in [7, 11) is 0. The number of aryl methyl sites for hydroxylation is 1. The third-order valence-corrected chi connectivity index (χ3v) is 5.39. The third kappa shape index (κ3) is 4.78. The highest BCUT2D eigenvalue weighted by molar-refractivity contribution is 6.32. The number of nitrogens with one attached hydrogen (secondary N) is 1. The molecule has 0 saturated carbocycles. The highest BCUT2D eigenvalue weighted by atomic mass is 35.5. The molecule has 0 aliphatic rings. The lowest BCUT2D eigenvalue weighted by molar-refractivity contribution is -0.137. The Morgan fingerprint density at radius 2 is 2.09 bits per heavy atom. The van der Waals surface area contributed by atoms with Crippen molar-refractivity contribution in [1.29, 1.82) is 0 Å². The Kier molecular flexibility index (Phi) is 6.46. The zero-order valence-corrected chi connectivity index (χ0v) is 18.6. The first-order valence-corrected chi connectivity index (χ1v) is 10.9. The number of H-pyrrole nitrogens is 1. The number of aromatic amines is 1. The van der Waals surface area contributed by atoms with Crippen LogP contribution in [0.2, 0.25) is 5.02 Å². The van der Waals surface area contributed by atoms with Crippen molar-refractivity contribution in [2.24, 2.45) is 0 Å². The predicted molar refractivity (Wildman–Crippen MR) is 123 cm³/mol. The summed E-state index contributed by atoms with van der Waals surface area (Å²) in [6, 6.07) is 11.3. The number of fused-ring (bicyclic) bond motifs is 1. The van der Waals surface area contributed by atoms with Crippen molar-refractivity contribution in [3.8, 4) is 28.6 Å². The van der Waals surface area contributed by atoms with E-state index in [0.29, 0.717) is 34.5 Å². The molecule has 4 rings (SSSR count). The van der Waals surface area contributed by atoms with E-state index < -0.39 is 5.97 Å². The molecule has 32 heavy (non-hydrogen) atoms. The number of nitrogens with zero attached hydrogens (tertiary/aromatic N) is 2. The fourth-order valence-electron chi connectivity index (χ4n) is 3.63. The van der Waals surface area contributed by atoms with Crippen LogP contribution in [-0.4, -0.2) is 32.3 Å². The monoisotopic (exact) mass is 453 g/mol. The van der Waals surface area contributed by atoms with Gasteiger partial charge in [-0.3, -0.25) is 4.79 Å². The second-order valence-corrected chi connectivity index (χ2v) is 8.29. The van der Waals surface area contributed by atoms with Gasteiger partial charge < -0.3 is 19.4 Å². The van der Waals surface area contributed by atoms with Gasteiger partial charge in [0.05, 0.1) is 16.6 Å². The van der Waals surface area contributed by atoms with Crippen LogP contribution in [0.25, 0.3) is 33.7 Å². The van der Waals surface area contributed by atoms with E-state index in [1.807, 2.05) is 44.3 Å². The minimum absolute atomic E-state index is 0.0247. The summed E-state index contributed by atoms with van der Waals surface area (Å²) in [6.07, 6.45) is 4.44. The Balaban J connectivity index is 1.57. The lowest BCUT2D eigenvalue weighted by atomic mass is 10.0. The maximum Gasteiger partial charge on any atom is 0.303 e. The molecule has 2 N–H and O–H groups in total. The molecule has 0 saturated heterocycles. The Labute approximate surface area is 190 Å². The minimum Gasteiger partial charge on any atom is -0.489 e. The third-order valence-electron chi connectivity index (χ3n) is 5.10. The Morgan fingerprint density at radius 3 is 2.84 bits per heavy atom. The standard InChI is InChI=1S/C24H24ClN3O4/c1-14(2)31-20-11-10-15(12-19(20)25)24-27-23(28-32-24)18-8-5-7-17-16(13-26-22(17)18)6-3-4-9-21(29)30/h5,7-8,10-14,26H,3-4,6,9H2,1-2H3,(H,29,30). The van der Waals surface area contributed by atoms with Crippen molar-refractivity contribution in [3.05, 3.63) is 53.2 Å². The summed E-state index contributed by atoms with van der Waals surface area (Å²) in [6.45, 7) is 3.88. The summed E-state index contributed by atoms with van der Waals surface area (Å²) in [5.74, 6) is 0.693. The lowest BCUT2D eigenvalue weighted by Gasteiger charge is -2.11. The molecule has 0 amide bonds. The second kappa shape index (κ2) is 9.44. The Morgan fingerprint density at radius 1 is 1.25 bits per heavy atom. The zero-order valence-electron chi connectivity index (χ0n) is 17.9. The van der Waals surface area contributed by atoms with Crippen LogP contribution in [0.3, 0.4) is 0 Å². The summed E-state index contributed by atoms with van der Waals surface area (Å²) >= 11 is 6.35. The molecular formula is C24H24ClN3O4. The number of para-hydroxylation sites is 1. The van der Waals surface area contributed by atoms with Gasteiger partial charge in [-0.05, 0) is 62.9 Å². The number of halogens is 1. The van der Waals surface area contributed by atoms with Crippen molar-refractivity contribution in [1.82, 2.24) is 15.1 Å². The fourth-order valence-corrected chi connectivity index (χ4v) is 3.86. The van der Waals surface area contributed by atoms with Crippen LogP contribution in [0.4, 0.5) is 0 Å². The summed E-state index contributed by atoms with van der Waals surface area (Å²) in [5, 5.41) is 14.5. The lowest BCUT2D eigenvalue weighted by Crippen LogP contribution is -2.05. The molecule has 0 atom stereocenters. The highest BCUT2D eigenvalue weighted by Crippen LogP contribution is 2.33. The first-order valence-electron chi connectivity index (χ1n) is 10.5. The SMILES string of the molecule is CC(C)Oc1ccc(-c2nc(-c3cccc4c(CCCCC(=O)O)c[nH]c34)no2)cc1Cl. The van der Waals surface area contributed by atoms with E-state index in [-0.39, 0.29) is 12.5 Å². The van der Waals surface area contributed by atoms with E-state index in [9.17, 15) is 4.79 Å². The number of aliphatic carboxylic acids is 1. The molecule has 166 valence electrons. The van der Waals surface area contributed by atoms with Crippen molar-refractivity contribution in [3.63, 3.8) is 0 Å². The number of hydrogen-bond donors (Lipinski definition) is 2. The van der Waals surface area contributed by atoms with Gasteiger partial charge in [0.2, 0.25) is 5.82 Å². The number of ether oxygens (including phenoxy) is 1. The maximum absolute atomic E-state index is 10.7. The van der Waals surface area contributed by atoms with Crippen LogP contribution in [0, 0.1) is 0 Å². The Bertz CT molecular complexity index is 1250. The molecule has 0 unspecified atom stereocenters. The van der Waals surface area contributed by atoms with E-state index in [4.69, 9.17) is 26.0 Å². The number of unbranched alkanes of at least 4 members (excludes halogenated alkanes) is 1. The zero-order chi connectivity index (χ0) is 22.7. The first kappa shape index (κ1) is 21.9. The second-order valence-electron chi connectivity index (χ2n) is 7.88. The van der Waals surface area contributed by atoms with Gasteiger partial charge >= 0.3 is 5.97 Å². The van der Waals surface area contributed by atoms with Gasteiger partial charge in [0.15, 0.2) is 0 Å². The van der Waals surface area contributed by atoms with Crippen LogP contribution < -0.4 is 4.74 Å². The normalized spacial score (nSPS) is 11.4. The van der Waals surface area contributed by atoms with Gasteiger partial charge in [-0.25, -0.2) is 0 Å². The number of aromatic nitrogens is 3. The Hall–Kier alpha value is -3.32. The molecule has 7 nitrogen and oxygen atoms in total. The van der Waals surface area contributed by atoms with Gasteiger partial charge in [-0.15, -0.1) is 0 Å². The molecule has 0 spiro atoms. The molecule has 0 bridgehead atoms. The number of rotatable bonds is 9. The topological polar surface area (TPSA) is 101 Å². The van der Waals surface area contributed by atoms with Crippen molar-refractivity contribution in [2.75, 3.05) is 0 Å². The average molecular weight is 454 g/mol. The van der Waals surface area contributed by atoms with Gasteiger partial charge in [-0.2, -0.15) is 4.98 Å². The summed E-state index contributed by atoms with van der Waals surface area (Å²) in [5.41, 5.74) is 3.61. The van der Waals surface area contributed by atoms with Crippen LogP contribution in [-0.2, 0) is 11.2 Å². The van der Waals surface area contributed by atoms with E-state index in [1.54, 1.807) is 12.1 Å². The highest BCUT2D eigenvalue weighted by Gasteiger charge is 2.16. The van der Waals surface area contributed by atoms with Crippen LogP contribution in [0.5, 0.6) is 5.75 Å². The van der Waals surface area contributed by atoms with Gasteiger partial charge in [-0.1, -0.05) is 28.9 Å². The van der Waals surface area contributed by atoms with Crippen LogP contribution >= 0.6 is 11.6 Å². The fraction of sp³-hybridized carbons (Fsp3) is 0.292. The van der Waals surface area contributed by atoms with Crippen molar-refractivity contribution < 1.29 is 19.2 Å². The number of carboxylic acids is 1. The number of benzene rings is 2. The van der Waals surface area contributed by atoms with E-state index in [2.05, 4.69) is 15.1 Å². The number of hydrogen-bond acceptors (Lipinski definition) is 5. The van der Waals surface area contributed by atoms with Crippen LogP contribution in [0.15, 0.2) is 47.1 Å². The first-order chi connectivity index (χ1) is 15.4. The molecule has 8 heteroatoms. The van der Waals surface area contributed by atoms with Gasteiger partial charge in [0, 0.05) is 29.1 Å². The quantitative estimate of drug-likeness (QED) is 0.296. The van der Waals surface area contributed by atoms with E-state index in [1.165, 1.54) is 0 Å². The van der Waals surface area contributed by atoms with E-state index in [0.717, 1.165) is 34.9 Å². The predicted octanol–water partition coefficient (Wildman–Crippen LogP) is 6.12. The molecule has 0 fully saturated rings. The van der Waals surface area contributed by atoms with Gasteiger partial charge in [0.1, 0.15) is 5.75 Å². The molecule has 0 radical (unpaired) electrons. The van der Waals surface area contributed by atoms with Crippen LogP contribution in [0.1, 0.15) is 38.7 Å².